The van der Waals surface area contributed by atoms with Crippen molar-refractivity contribution in [3.8, 4) is 11.5 Å². The molecule has 0 aliphatic heterocycles. The van der Waals surface area contributed by atoms with Gasteiger partial charge in [-0.15, -0.1) is 0 Å². The SMILES string of the molecule is CC(C)NCc1ccc(Br)cc1Oc1cnn(C(C)C)c1. The summed E-state index contributed by atoms with van der Waals surface area (Å²) in [6, 6.07) is 6.85. The van der Waals surface area contributed by atoms with Crippen molar-refractivity contribution in [2.75, 3.05) is 0 Å². The summed E-state index contributed by atoms with van der Waals surface area (Å²) in [5.74, 6) is 1.61. The molecule has 0 amide bonds. The Morgan fingerprint density at radius 2 is 2.05 bits per heavy atom. The highest BCUT2D eigenvalue weighted by Crippen LogP contribution is 2.29. The van der Waals surface area contributed by atoms with Gasteiger partial charge >= 0.3 is 0 Å². The van der Waals surface area contributed by atoms with Crippen molar-refractivity contribution in [3.63, 3.8) is 0 Å². The largest absolute Gasteiger partial charge is 0.454 e. The zero-order valence-electron chi connectivity index (χ0n) is 12.9. The van der Waals surface area contributed by atoms with Gasteiger partial charge in [0, 0.05) is 28.7 Å². The van der Waals surface area contributed by atoms with E-state index >= 15 is 0 Å². The molecule has 0 saturated carbocycles. The van der Waals surface area contributed by atoms with Gasteiger partial charge in [0.2, 0.25) is 0 Å². The number of hydrogen-bond acceptors (Lipinski definition) is 3. The van der Waals surface area contributed by atoms with Crippen LogP contribution in [0.5, 0.6) is 11.5 Å². The van der Waals surface area contributed by atoms with Crippen LogP contribution < -0.4 is 10.1 Å². The smallest absolute Gasteiger partial charge is 0.165 e. The van der Waals surface area contributed by atoms with Crippen LogP contribution in [0, 0.1) is 0 Å². The molecule has 0 unspecified atom stereocenters. The molecular formula is C16H22BrN3O. The van der Waals surface area contributed by atoms with E-state index in [4.69, 9.17) is 4.74 Å². The summed E-state index contributed by atoms with van der Waals surface area (Å²) in [5.41, 5.74) is 1.13. The van der Waals surface area contributed by atoms with E-state index in [9.17, 15) is 0 Å². The highest BCUT2D eigenvalue weighted by molar-refractivity contribution is 9.10. The van der Waals surface area contributed by atoms with Gasteiger partial charge in [-0.25, -0.2) is 0 Å². The van der Waals surface area contributed by atoms with Gasteiger partial charge in [0.15, 0.2) is 5.75 Å². The number of ether oxygens (including phenoxy) is 1. The van der Waals surface area contributed by atoms with E-state index in [0.29, 0.717) is 12.1 Å². The van der Waals surface area contributed by atoms with E-state index in [2.05, 4.69) is 60.1 Å². The van der Waals surface area contributed by atoms with Crippen molar-refractivity contribution < 1.29 is 4.74 Å². The summed E-state index contributed by atoms with van der Waals surface area (Å²) >= 11 is 3.50. The normalized spacial score (nSPS) is 11.4. The Hall–Kier alpha value is -1.33. The number of rotatable bonds is 6. The lowest BCUT2D eigenvalue weighted by molar-refractivity contribution is 0.465. The fourth-order valence-corrected chi connectivity index (χ4v) is 2.21. The first-order valence-corrected chi connectivity index (χ1v) is 7.99. The standard InChI is InChI=1S/C16H22BrN3O/c1-11(2)18-8-13-5-6-14(17)7-16(13)21-15-9-19-20(10-15)12(3)4/h5-7,9-12,18H,8H2,1-4H3. The van der Waals surface area contributed by atoms with E-state index in [1.54, 1.807) is 6.20 Å². The van der Waals surface area contributed by atoms with Gasteiger partial charge in [-0.1, -0.05) is 35.8 Å². The minimum Gasteiger partial charge on any atom is -0.454 e. The van der Waals surface area contributed by atoms with Gasteiger partial charge in [-0.05, 0) is 26.0 Å². The maximum Gasteiger partial charge on any atom is 0.165 e. The quantitative estimate of drug-likeness (QED) is 0.831. The average molecular weight is 352 g/mol. The summed E-state index contributed by atoms with van der Waals surface area (Å²) in [6.07, 6.45) is 3.67. The summed E-state index contributed by atoms with van der Waals surface area (Å²) in [4.78, 5) is 0. The molecule has 1 aromatic heterocycles. The maximum absolute atomic E-state index is 6.00. The number of benzene rings is 1. The Kier molecular flexibility index (Phi) is 5.42. The highest BCUT2D eigenvalue weighted by atomic mass is 79.9. The van der Waals surface area contributed by atoms with Gasteiger partial charge in [-0.2, -0.15) is 5.10 Å². The fraction of sp³-hybridized carbons (Fsp3) is 0.438. The van der Waals surface area contributed by atoms with Crippen LogP contribution in [0.15, 0.2) is 35.1 Å². The van der Waals surface area contributed by atoms with E-state index < -0.39 is 0 Å². The molecule has 1 heterocycles. The second-order valence-electron chi connectivity index (χ2n) is 5.64. The molecule has 2 rings (SSSR count). The Morgan fingerprint density at radius 1 is 1.29 bits per heavy atom. The molecule has 5 heteroatoms. The van der Waals surface area contributed by atoms with E-state index in [0.717, 1.165) is 28.1 Å². The molecule has 0 bridgehead atoms. The Bertz CT molecular complexity index is 593. The third-order valence-electron chi connectivity index (χ3n) is 3.06. The summed E-state index contributed by atoms with van der Waals surface area (Å²) in [5, 5.41) is 7.72. The fourth-order valence-electron chi connectivity index (χ4n) is 1.87. The Balaban J connectivity index is 2.18. The first-order chi connectivity index (χ1) is 9.95. The molecule has 1 N–H and O–H groups in total. The molecule has 2 aromatic rings. The lowest BCUT2D eigenvalue weighted by atomic mass is 10.2. The molecule has 0 fully saturated rings. The molecule has 1 aromatic carbocycles. The van der Waals surface area contributed by atoms with Gasteiger partial charge in [0.05, 0.1) is 12.4 Å². The molecule has 21 heavy (non-hydrogen) atoms. The highest BCUT2D eigenvalue weighted by Gasteiger charge is 2.09. The third kappa shape index (κ3) is 4.58. The summed E-state index contributed by atoms with van der Waals surface area (Å²) in [7, 11) is 0. The van der Waals surface area contributed by atoms with Crippen LogP contribution >= 0.6 is 15.9 Å². The minimum atomic E-state index is 0.326. The van der Waals surface area contributed by atoms with Gasteiger partial charge in [0.25, 0.3) is 0 Å². The second kappa shape index (κ2) is 7.09. The number of halogens is 1. The van der Waals surface area contributed by atoms with E-state index in [-0.39, 0.29) is 0 Å². The van der Waals surface area contributed by atoms with Crippen LogP contribution in [0.2, 0.25) is 0 Å². The molecular weight excluding hydrogens is 330 g/mol. The van der Waals surface area contributed by atoms with Crippen LogP contribution in [0.25, 0.3) is 0 Å². The molecule has 0 atom stereocenters. The van der Waals surface area contributed by atoms with Gasteiger partial charge in [0.1, 0.15) is 5.75 Å². The molecule has 0 spiro atoms. The molecule has 0 radical (unpaired) electrons. The number of nitrogens with zero attached hydrogens (tertiary/aromatic N) is 2. The van der Waals surface area contributed by atoms with E-state index in [1.807, 2.05) is 23.0 Å². The predicted octanol–water partition coefficient (Wildman–Crippen LogP) is 4.52. The predicted molar refractivity (Wildman–Crippen MR) is 88.8 cm³/mol. The molecule has 0 aliphatic carbocycles. The van der Waals surface area contributed by atoms with Crippen molar-refractivity contribution in [1.29, 1.82) is 0 Å². The number of aromatic nitrogens is 2. The van der Waals surface area contributed by atoms with Crippen LogP contribution in [-0.4, -0.2) is 15.8 Å². The minimum absolute atomic E-state index is 0.326. The lowest BCUT2D eigenvalue weighted by Gasteiger charge is -2.13. The monoisotopic (exact) mass is 351 g/mol. The van der Waals surface area contributed by atoms with Crippen LogP contribution in [0.1, 0.15) is 39.3 Å². The summed E-state index contributed by atoms with van der Waals surface area (Å²) in [6.45, 7) is 9.22. The Morgan fingerprint density at radius 3 is 2.67 bits per heavy atom. The molecule has 0 aliphatic rings. The van der Waals surface area contributed by atoms with Crippen LogP contribution in [0.3, 0.4) is 0 Å². The first-order valence-electron chi connectivity index (χ1n) is 7.19. The number of nitrogens with one attached hydrogen (secondary N) is 1. The summed E-state index contributed by atoms with van der Waals surface area (Å²) < 4.78 is 8.89. The topological polar surface area (TPSA) is 39.1 Å². The number of hydrogen-bond donors (Lipinski definition) is 1. The zero-order valence-corrected chi connectivity index (χ0v) is 14.5. The van der Waals surface area contributed by atoms with Crippen molar-refractivity contribution in [2.45, 2.75) is 46.3 Å². The van der Waals surface area contributed by atoms with Crippen molar-refractivity contribution >= 4 is 15.9 Å². The molecule has 4 nitrogen and oxygen atoms in total. The van der Waals surface area contributed by atoms with Crippen molar-refractivity contribution in [3.05, 3.63) is 40.6 Å². The van der Waals surface area contributed by atoms with Crippen LogP contribution in [0.4, 0.5) is 0 Å². The third-order valence-corrected chi connectivity index (χ3v) is 3.56. The van der Waals surface area contributed by atoms with Gasteiger partial charge < -0.3 is 10.1 Å². The van der Waals surface area contributed by atoms with Crippen molar-refractivity contribution in [2.24, 2.45) is 0 Å². The average Bonchev–Trinajstić information content (AvgIpc) is 2.86. The van der Waals surface area contributed by atoms with E-state index in [1.165, 1.54) is 0 Å². The van der Waals surface area contributed by atoms with Crippen LogP contribution in [-0.2, 0) is 6.54 Å². The van der Waals surface area contributed by atoms with Gasteiger partial charge in [-0.3, -0.25) is 4.68 Å². The van der Waals surface area contributed by atoms with Crippen molar-refractivity contribution in [1.82, 2.24) is 15.1 Å². The molecule has 0 saturated heterocycles. The Labute approximate surface area is 134 Å². The first kappa shape index (κ1) is 16.0. The second-order valence-corrected chi connectivity index (χ2v) is 6.56. The molecule has 114 valence electrons. The zero-order chi connectivity index (χ0) is 15.4. The maximum atomic E-state index is 6.00. The lowest BCUT2D eigenvalue weighted by Crippen LogP contribution is -2.22.